The fourth-order valence-electron chi connectivity index (χ4n) is 13.5. The Labute approximate surface area is 593 Å². The van der Waals surface area contributed by atoms with E-state index in [1.54, 1.807) is 0 Å². The predicted molar refractivity (Wildman–Crippen MR) is 416 cm³/mol. The van der Waals surface area contributed by atoms with Crippen molar-refractivity contribution in [2.75, 3.05) is 96.6 Å². The van der Waals surface area contributed by atoms with Gasteiger partial charge in [0.25, 0.3) is 0 Å². The Bertz CT molecular complexity index is 1500. The van der Waals surface area contributed by atoms with Gasteiger partial charge in [0.15, 0.2) is 0 Å². The summed E-state index contributed by atoms with van der Waals surface area (Å²) in [5.74, 6) is 2.21. The molecule has 0 aliphatic carbocycles. The van der Waals surface area contributed by atoms with Crippen molar-refractivity contribution in [3.05, 3.63) is 24.3 Å². The SMILES string of the molecule is CCCCCCCC/C=C\CCCCCCC(O)CN(CCCC(=O)OCCN1CCN(CCCCSSCCCCN(CC(O)CCCCCCCCCCCC)CC(O)CCCCCCCCCCCC)CC1)CC(O)CCCCCC/C=C\CCCCCCCC. The van der Waals surface area contributed by atoms with Crippen molar-refractivity contribution < 1.29 is 30.0 Å². The lowest BCUT2D eigenvalue weighted by molar-refractivity contribution is -0.144. The monoisotopic (exact) mass is 1360 g/mol. The summed E-state index contributed by atoms with van der Waals surface area (Å²) in [4.78, 5) is 22.6. The Morgan fingerprint density at radius 1 is 0.351 bits per heavy atom. The Morgan fingerprint density at radius 2 is 0.628 bits per heavy atom. The van der Waals surface area contributed by atoms with Crippen LogP contribution in [-0.4, -0.2) is 167 Å². The summed E-state index contributed by atoms with van der Waals surface area (Å²) in [6.45, 7) is 19.8. The van der Waals surface area contributed by atoms with Crippen LogP contribution in [0.1, 0.15) is 374 Å². The minimum Gasteiger partial charge on any atom is -0.464 e. The number of aliphatic hydroxyl groups excluding tert-OH is 4. The minimum atomic E-state index is -0.425. The zero-order chi connectivity index (χ0) is 67.9. The summed E-state index contributed by atoms with van der Waals surface area (Å²) < 4.78 is 5.77. The lowest BCUT2D eigenvalue weighted by Crippen LogP contribution is -2.47. The first kappa shape index (κ1) is 91.3. The van der Waals surface area contributed by atoms with Gasteiger partial charge in [-0.25, -0.2) is 0 Å². The molecule has 558 valence electrons. The fourth-order valence-corrected chi connectivity index (χ4v) is 15.8. The number of carbonyl (C=O) groups excluding carboxylic acids is 1. The third kappa shape index (κ3) is 65.9. The second kappa shape index (κ2) is 73.5. The molecule has 0 aromatic carbocycles. The van der Waals surface area contributed by atoms with E-state index in [1.165, 1.54) is 256 Å². The van der Waals surface area contributed by atoms with Gasteiger partial charge in [0.05, 0.1) is 24.4 Å². The van der Waals surface area contributed by atoms with E-state index in [2.05, 4.69) is 71.6 Å². The normalized spacial score (nSPS) is 14.8. The van der Waals surface area contributed by atoms with Gasteiger partial charge < -0.3 is 30.1 Å². The maximum atomic E-state index is 13.0. The third-order valence-electron chi connectivity index (χ3n) is 19.7. The van der Waals surface area contributed by atoms with Gasteiger partial charge in [-0.2, -0.15) is 0 Å². The average Bonchev–Trinajstić information content (AvgIpc) is 1.46. The lowest BCUT2D eigenvalue weighted by Gasteiger charge is -2.34. The van der Waals surface area contributed by atoms with Crippen molar-refractivity contribution in [2.24, 2.45) is 0 Å². The van der Waals surface area contributed by atoms with Crippen LogP contribution < -0.4 is 0 Å². The smallest absolute Gasteiger partial charge is 0.305 e. The molecular formula is C82H162N4O6S2. The van der Waals surface area contributed by atoms with Gasteiger partial charge in [0, 0.05) is 76.8 Å². The van der Waals surface area contributed by atoms with Gasteiger partial charge >= 0.3 is 5.97 Å². The first-order chi connectivity index (χ1) is 46.2. The van der Waals surface area contributed by atoms with Crippen molar-refractivity contribution in [2.45, 2.75) is 399 Å². The van der Waals surface area contributed by atoms with Crippen LogP contribution in [0.3, 0.4) is 0 Å². The van der Waals surface area contributed by atoms with Crippen LogP contribution >= 0.6 is 21.6 Å². The van der Waals surface area contributed by atoms with E-state index in [1.807, 2.05) is 21.6 Å². The topological polar surface area (TPSA) is 120 Å². The molecule has 0 amide bonds. The zero-order valence-electron chi connectivity index (χ0n) is 63.1. The highest BCUT2D eigenvalue weighted by Gasteiger charge is 2.20. The van der Waals surface area contributed by atoms with E-state index in [0.717, 1.165) is 135 Å². The summed E-state index contributed by atoms with van der Waals surface area (Å²) in [7, 11) is 4.05. The molecule has 1 rings (SSSR count). The maximum Gasteiger partial charge on any atom is 0.305 e. The number of ether oxygens (including phenoxy) is 1. The second-order valence-electron chi connectivity index (χ2n) is 29.2. The summed E-state index contributed by atoms with van der Waals surface area (Å²) in [6, 6.07) is 0. The van der Waals surface area contributed by atoms with E-state index < -0.39 is 12.2 Å². The van der Waals surface area contributed by atoms with Crippen molar-refractivity contribution in [1.29, 1.82) is 0 Å². The lowest BCUT2D eigenvalue weighted by atomic mass is 10.0. The molecule has 1 saturated heterocycles. The van der Waals surface area contributed by atoms with Gasteiger partial charge in [-0.1, -0.05) is 305 Å². The molecule has 0 radical (unpaired) electrons. The number of rotatable bonds is 76. The average molecular weight is 1360 g/mol. The Kier molecular flexibility index (Phi) is 71.5. The number of esters is 1. The number of carbonyl (C=O) groups is 1. The third-order valence-corrected chi connectivity index (χ3v) is 22.3. The van der Waals surface area contributed by atoms with Crippen LogP contribution in [0.4, 0.5) is 0 Å². The molecule has 12 heteroatoms. The van der Waals surface area contributed by atoms with Crippen molar-refractivity contribution in [1.82, 2.24) is 19.6 Å². The molecule has 0 spiro atoms. The number of unbranched alkanes of at least 4 members (excludes halogenated alkanes) is 40. The summed E-state index contributed by atoms with van der Waals surface area (Å²) in [6.07, 6.45) is 73.7. The Balaban J connectivity index is 2.38. The number of hydrogen-bond donors (Lipinski definition) is 4. The molecule has 0 saturated carbocycles. The van der Waals surface area contributed by atoms with Crippen LogP contribution in [-0.2, 0) is 9.53 Å². The van der Waals surface area contributed by atoms with Gasteiger partial charge in [0.2, 0.25) is 0 Å². The predicted octanol–water partition coefficient (Wildman–Crippen LogP) is 21.8. The molecule has 1 fully saturated rings. The molecule has 94 heavy (non-hydrogen) atoms. The van der Waals surface area contributed by atoms with Crippen LogP contribution in [0.2, 0.25) is 0 Å². The number of nitrogens with zero attached hydrogens (tertiary/aromatic N) is 4. The largest absolute Gasteiger partial charge is 0.464 e. The molecule has 4 atom stereocenters. The quantitative estimate of drug-likeness (QED) is 0.0201. The van der Waals surface area contributed by atoms with Gasteiger partial charge in [-0.15, -0.1) is 0 Å². The van der Waals surface area contributed by atoms with Crippen LogP contribution in [0.5, 0.6) is 0 Å². The first-order valence-electron chi connectivity index (χ1n) is 41.5. The second-order valence-corrected chi connectivity index (χ2v) is 31.9. The zero-order valence-corrected chi connectivity index (χ0v) is 64.8. The van der Waals surface area contributed by atoms with Gasteiger partial charge in [-0.3, -0.25) is 19.5 Å². The van der Waals surface area contributed by atoms with Crippen LogP contribution in [0.15, 0.2) is 24.3 Å². The molecule has 1 heterocycles. The molecule has 4 unspecified atom stereocenters. The number of hydrogen-bond acceptors (Lipinski definition) is 12. The van der Waals surface area contributed by atoms with E-state index >= 15 is 0 Å². The van der Waals surface area contributed by atoms with E-state index in [4.69, 9.17) is 4.74 Å². The summed E-state index contributed by atoms with van der Waals surface area (Å²) >= 11 is 0. The highest BCUT2D eigenvalue weighted by atomic mass is 33.1. The maximum absolute atomic E-state index is 13.0. The molecular weight excluding hydrogens is 1200 g/mol. The number of allylic oxidation sites excluding steroid dienone is 4. The molecule has 1 aliphatic heterocycles. The number of piperazine rings is 1. The molecule has 0 aromatic heterocycles. The molecule has 0 aromatic rings. The molecule has 10 nitrogen and oxygen atoms in total. The van der Waals surface area contributed by atoms with E-state index in [0.29, 0.717) is 52.2 Å². The summed E-state index contributed by atoms with van der Waals surface area (Å²) in [5.41, 5.74) is 0. The van der Waals surface area contributed by atoms with Crippen molar-refractivity contribution >= 4 is 27.6 Å². The molecule has 4 N–H and O–H groups in total. The Morgan fingerprint density at radius 3 is 0.957 bits per heavy atom. The fraction of sp³-hybridized carbons (Fsp3) is 0.939. The van der Waals surface area contributed by atoms with Gasteiger partial charge in [0.1, 0.15) is 6.61 Å². The highest BCUT2D eigenvalue weighted by Crippen LogP contribution is 2.25. The van der Waals surface area contributed by atoms with Crippen molar-refractivity contribution in [3.63, 3.8) is 0 Å². The van der Waals surface area contributed by atoms with Gasteiger partial charge in [-0.05, 0) is 129 Å². The minimum absolute atomic E-state index is 0.140. The standard InChI is InChI=1S/C82H162N4O6S2/c1-5-9-13-17-21-25-29-31-33-35-39-43-47-51-60-80(89)76-86(77-81(90)61-52-48-44-40-36-34-32-30-26-22-18-14-10-6-2)65-57-62-82(91)92-71-70-84-68-66-83(67-69-84)63-53-55-72-93-94-73-56-54-64-85(74-78(87)58-49-45-41-37-27-23-19-15-11-7-3)75-79(88)59-50-46-42-38-28-24-20-16-12-8-4/h31-34,78-81,87-90H,5-30,35-77H2,1-4H3/b33-31-,34-32-. The van der Waals surface area contributed by atoms with Crippen LogP contribution in [0, 0.1) is 0 Å². The molecule has 1 aliphatic rings. The molecule has 0 bridgehead atoms. The summed E-state index contributed by atoms with van der Waals surface area (Å²) in [5, 5.41) is 44.6. The first-order valence-corrected chi connectivity index (χ1v) is 44.0. The number of aliphatic hydroxyl groups is 4. The van der Waals surface area contributed by atoms with Crippen LogP contribution in [0.25, 0.3) is 0 Å². The van der Waals surface area contributed by atoms with E-state index in [9.17, 15) is 25.2 Å². The van der Waals surface area contributed by atoms with Crippen molar-refractivity contribution in [3.8, 4) is 0 Å². The highest BCUT2D eigenvalue weighted by molar-refractivity contribution is 8.76. The Hall–Kier alpha value is -0.670. The van der Waals surface area contributed by atoms with E-state index in [-0.39, 0.29) is 18.2 Å².